The van der Waals surface area contributed by atoms with Crippen molar-refractivity contribution in [2.24, 2.45) is 5.73 Å². The van der Waals surface area contributed by atoms with Gasteiger partial charge in [-0.25, -0.2) is 14.8 Å². The summed E-state index contributed by atoms with van der Waals surface area (Å²) in [7, 11) is 0. The summed E-state index contributed by atoms with van der Waals surface area (Å²) in [6, 6.07) is 13.4. The van der Waals surface area contributed by atoms with E-state index in [2.05, 4.69) is 15.3 Å². The first-order valence-corrected chi connectivity index (χ1v) is 7.40. The monoisotopic (exact) mass is 377 g/mol. The Morgan fingerprint density at radius 2 is 1.74 bits per heavy atom. The van der Waals surface area contributed by atoms with Crippen molar-refractivity contribution in [2.45, 2.75) is 6.18 Å². The third-order valence-corrected chi connectivity index (χ3v) is 3.25. The number of anilines is 2. The van der Waals surface area contributed by atoms with Gasteiger partial charge in [0.1, 0.15) is 5.84 Å². The van der Waals surface area contributed by atoms with Crippen molar-refractivity contribution in [3.8, 4) is 0 Å². The molecule has 3 aromatic rings. The first-order chi connectivity index (χ1) is 12.7. The molecule has 140 valence electrons. The number of nitrogen functional groups attached to an aromatic ring is 1. The summed E-state index contributed by atoms with van der Waals surface area (Å²) in [6.45, 7) is 0. The van der Waals surface area contributed by atoms with E-state index in [-0.39, 0.29) is 5.84 Å². The normalized spacial score (nSPS) is 10.6. The smallest absolute Gasteiger partial charge is 0.475 e. The Hall–Kier alpha value is -3.69. The van der Waals surface area contributed by atoms with Crippen LogP contribution in [0.1, 0.15) is 5.56 Å². The Balaban J connectivity index is 0.000000321. The van der Waals surface area contributed by atoms with Gasteiger partial charge in [0.25, 0.3) is 0 Å². The Bertz CT molecular complexity index is 962. The van der Waals surface area contributed by atoms with Crippen molar-refractivity contribution >= 4 is 34.2 Å². The van der Waals surface area contributed by atoms with Crippen molar-refractivity contribution in [3.05, 3.63) is 60.4 Å². The van der Waals surface area contributed by atoms with Gasteiger partial charge in [-0.2, -0.15) is 13.2 Å². The van der Waals surface area contributed by atoms with Crippen molar-refractivity contribution < 1.29 is 23.1 Å². The summed E-state index contributed by atoms with van der Waals surface area (Å²) in [5.41, 5.74) is 7.13. The molecule has 0 atom stereocenters. The minimum atomic E-state index is -5.08. The Morgan fingerprint density at radius 3 is 2.30 bits per heavy atom. The van der Waals surface area contributed by atoms with E-state index < -0.39 is 12.1 Å². The van der Waals surface area contributed by atoms with Crippen LogP contribution >= 0.6 is 0 Å². The van der Waals surface area contributed by atoms with Crippen molar-refractivity contribution in [3.63, 3.8) is 0 Å². The van der Waals surface area contributed by atoms with E-state index in [9.17, 15) is 13.2 Å². The van der Waals surface area contributed by atoms with Gasteiger partial charge >= 0.3 is 12.1 Å². The van der Waals surface area contributed by atoms with Gasteiger partial charge in [0.15, 0.2) is 0 Å². The zero-order chi connectivity index (χ0) is 20.0. The molecular formula is C17H14F3N5O2. The van der Waals surface area contributed by atoms with Crippen LogP contribution in [0, 0.1) is 5.41 Å². The maximum Gasteiger partial charge on any atom is 0.490 e. The molecule has 0 saturated heterocycles. The standard InChI is InChI=1S/C15H13N5.C2HF3O2/c16-14(17)11-6-5-10-3-1-4-13(12(10)9-11)20-15-18-7-2-8-19-15;3-2(4,5)1(6)7/h1-9H,(H3,16,17)(H,18,19,20);(H,6,7). The number of carboxylic acids is 1. The van der Waals surface area contributed by atoms with Gasteiger partial charge in [-0.1, -0.05) is 24.3 Å². The van der Waals surface area contributed by atoms with Crippen molar-refractivity contribution in [2.75, 3.05) is 5.32 Å². The van der Waals surface area contributed by atoms with Gasteiger partial charge in [-0.15, -0.1) is 0 Å². The number of hydrogen-bond donors (Lipinski definition) is 4. The van der Waals surface area contributed by atoms with E-state index >= 15 is 0 Å². The molecular weight excluding hydrogens is 363 g/mol. The lowest BCUT2D eigenvalue weighted by Gasteiger charge is -2.09. The number of halogens is 3. The van der Waals surface area contributed by atoms with Gasteiger partial charge in [0.2, 0.25) is 5.95 Å². The summed E-state index contributed by atoms with van der Waals surface area (Å²) in [6.07, 6.45) is -1.72. The second-order valence-electron chi connectivity index (χ2n) is 5.16. The minimum Gasteiger partial charge on any atom is -0.475 e. The van der Waals surface area contributed by atoms with Crippen LogP contribution < -0.4 is 11.1 Å². The molecule has 0 bridgehead atoms. The maximum absolute atomic E-state index is 10.6. The highest BCUT2D eigenvalue weighted by atomic mass is 19.4. The number of carboxylic acid groups (broad SMARTS) is 1. The summed E-state index contributed by atoms with van der Waals surface area (Å²) in [5, 5.41) is 19.9. The molecule has 0 unspecified atom stereocenters. The summed E-state index contributed by atoms with van der Waals surface area (Å²) in [4.78, 5) is 17.2. The van der Waals surface area contributed by atoms with Crippen LogP contribution in [0.3, 0.4) is 0 Å². The minimum absolute atomic E-state index is 0.0534. The topological polar surface area (TPSA) is 125 Å². The van der Waals surface area contributed by atoms with E-state index in [1.165, 1.54) is 0 Å². The highest BCUT2D eigenvalue weighted by Gasteiger charge is 2.38. The lowest BCUT2D eigenvalue weighted by atomic mass is 10.0. The molecule has 0 aliphatic carbocycles. The first-order valence-electron chi connectivity index (χ1n) is 7.40. The fourth-order valence-electron chi connectivity index (χ4n) is 2.03. The van der Waals surface area contributed by atoms with E-state index in [0.717, 1.165) is 16.5 Å². The van der Waals surface area contributed by atoms with Crippen LogP contribution in [0.25, 0.3) is 10.8 Å². The number of nitrogens with two attached hydrogens (primary N) is 1. The Labute approximate surface area is 151 Å². The molecule has 0 saturated carbocycles. The highest BCUT2D eigenvalue weighted by Crippen LogP contribution is 2.26. The quantitative estimate of drug-likeness (QED) is 0.410. The molecule has 0 fully saturated rings. The Morgan fingerprint density at radius 1 is 1.11 bits per heavy atom. The second kappa shape index (κ2) is 8.13. The van der Waals surface area contributed by atoms with E-state index in [4.69, 9.17) is 21.0 Å². The zero-order valence-corrected chi connectivity index (χ0v) is 13.7. The number of benzene rings is 2. The molecule has 0 amide bonds. The molecule has 7 nitrogen and oxygen atoms in total. The molecule has 0 radical (unpaired) electrons. The van der Waals surface area contributed by atoms with Crippen LogP contribution in [0.5, 0.6) is 0 Å². The van der Waals surface area contributed by atoms with Crippen LogP contribution in [0.4, 0.5) is 24.8 Å². The molecule has 10 heteroatoms. The number of amidine groups is 1. The predicted octanol–water partition coefficient (Wildman–Crippen LogP) is 3.29. The molecule has 1 heterocycles. The van der Waals surface area contributed by atoms with Crippen LogP contribution in [-0.4, -0.2) is 33.1 Å². The third-order valence-electron chi connectivity index (χ3n) is 3.25. The van der Waals surface area contributed by atoms with Gasteiger partial charge < -0.3 is 16.2 Å². The molecule has 0 aliphatic heterocycles. The SMILES string of the molecule is N=C(N)c1ccc2cccc(Nc3ncccn3)c2c1.O=C(O)C(F)(F)F. The maximum atomic E-state index is 10.6. The number of aliphatic carboxylic acids is 1. The summed E-state index contributed by atoms with van der Waals surface area (Å²) in [5.74, 6) is -2.17. The fourth-order valence-corrected chi connectivity index (χ4v) is 2.03. The Kier molecular flexibility index (Phi) is 5.91. The highest BCUT2D eigenvalue weighted by molar-refractivity contribution is 6.02. The second-order valence-corrected chi connectivity index (χ2v) is 5.16. The number of aromatic nitrogens is 2. The lowest BCUT2D eigenvalue weighted by Crippen LogP contribution is -2.21. The summed E-state index contributed by atoms with van der Waals surface area (Å²) < 4.78 is 31.7. The van der Waals surface area contributed by atoms with Crippen molar-refractivity contribution in [1.82, 2.24) is 9.97 Å². The van der Waals surface area contributed by atoms with E-state index in [1.807, 2.05) is 36.4 Å². The first kappa shape index (κ1) is 19.6. The molecule has 3 rings (SSSR count). The van der Waals surface area contributed by atoms with Gasteiger partial charge in [0.05, 0.1) is 0 Å². The number of rotatable bonds is 3. The van der Waals surface area contributed by atoms with Crippen LogP contribution in [0.15, 0.2) is 54.9 Å². The number of alkyl halides is 3. The average molecular weight is 377 g/mol. The third kappa shape index (κ3) is 5.39. The van der Waals surface area contributed by atoms with Gasteiger partial charge in [-0.3, -0.25) is 5.41 Å². The number of hydrogen-bond acceptors (Lipinski definition) is 5. The van der Waals surface area contributed by atoms with Crippen molar-refractivity contribution in [1.29, 1.82) is 5.41 Å². The molecule has 2 aromatic carbocycles. The fraction of sp³-hybridized carbons (Fsp3) is 0.0588. The molecule has 0 spiro atoms. The summed E-state index contributed by atoms with van der Waals surface area (Å²) >= 11 is 0. The van der Waals surface area contributed by atoms with Crippen LogP contribution in [-0.2, 0) is 4.79 Å². The molecule has 0 aliphatic rings. The number of nitrogens with one attached hydrogen (secondary N) is 2. The zero-order valence-electron chi connectivity index (χ0n) is 13.7. The largest absolute Gasteiger partial charge is 0.490 e. The lowest BCUT2D eigenvalue weighted by molar-refractivity contribution is -0.192. The van der Waals surface area contributed by atoms with E-state index in [0.29, 0.717) is 11.5 Å². The van der Waals surface area contributed by atoms with E-state index in [1.54, 1.807) is 18.5 Å². The number of fused-ring (bicyclic) bond motifs is 1. The average Bonchev–Trinajstić information content (AvgIpc) is 2.62. The van der Waals surface area contributed by atoms with Crippen LogP contribution in [0.2, 0.25) is 0 Å². The number of nitrogens with zero attached hydrogens (tertiary/aromatic N) is 2. The molecule has 1 aromatic heterocycles. The van der Waals surface area contributed by atoms with Gasteiger partial charge in [-0.05, 0) is 23.6 Å². The van der Waals surface area contributed by atoms with Gasteiger partial charge in [0, 0.05) is 29.0 Å². The number of carbonyl (C=O) groups is 1. The molecule has 27 heavy (non-hydrogen) atoms. The predicted molar refractivity (Wildman–Crippen MR) is 94.0 cm³/mol. The molecule has 5 N–H and O–H groups in total.